The van der Waals surface area contributed by atoms with Crippen molar-refractivity contribution in [2.24, 2.45) is 12.0 Å². The van der Waals surface area contributed by atoms with Crippen LogP contribution in [-0.2, 0) is 18.3 Å². The molecule has 9 heteroatoms. The first-order valence-corrected chi connectivity index (χ1v) is 11.0. The number of aromatic nitrogens is 2. The first-order valence-electron chi connectivity index (χ1n) is 10.6. The van der Waals surface area contributed by atoms with Crippen LogP contribution in [0.3, 0.4) is 0 Å². The second-order valence-corrected chi connectivity index (χ2v) is 8.00. The Labute approximate surface area is 207 Å². The van der Waals surface area contributed by atoms with E-state index >= 15 is 0 Å². The number of halogens is 2. The van der Waals surface area contributed by atoms with Gasteiger partial charge < -0.3 is 15.4 Å². The molecule has 0 spiro atoms. The minimum absolute atomic E-state index is 0. The van der Waals surface area contributed by atoms with E-state index in [2.05, 4.69) is 46.6 Å². The number of nitrogens with zero attached hydrogens (tertiary/aromatic N) is 4. The van der Waals surface area contributed by atoms with E-state index in [1.165, 1.54) is 11.1 Å². The lowest BCUT2D eigenvalue weighted by molar-refractivity contribution is 0.0170. The van der Waals surface area contributed by atoms with E-state index in [-0.39, 0.29) is 30.0 Å². The fourth-order valence-electron chi connectivity index (χ4n) is 3.80. The third kappa shape index (κ3) is 7.06. The second kappa shape index (κ2) is 12.6. The summed E-state index contributed by atoms with van der Waals surface area (Å²) in [5, 5.41) is 12.2. The summed E-state index contributed by atoms with van der Waals surface area (Å²) < 4.78 is 7.46. The van der Waals surface area contributed by atoms with Crippen LogP contribution in [0.4, 0.5) is 0 Å². The van der Waals surface area contributed by atoms with E-state index in [1.807, 2.05) is 30.8 Å². The van der Waals surface area contributed by atoms with Crippen molar-refractivity contribution in [1.82, 2.24) is 25.3 Å². The molecule has 0 bridgehead atoms. The number of aryl methyl sites for hydroxylation is 2. The molecule has 2 N–H and O–H groups in total. The van der Waals surface area contributed by atoms with Gasteiger partial charge in [0, 0.05) is 49.5 Å². The highest BCUT2D eigenvalue weighted by molar-refractivity contribution is 14.0. The first-order chi connectivity index (χ1) is 14.5. The lowest BCUT2D eigenvalue weighted by atomic mass is 10.0. The van der Waals surface area contributed by atoms with Gasteiger partial charge >= 0.3 is 0 Å². The van der Waals surface area contributed by atoms with Crippen LogP contribution in [-0.4, -0.2) is 60.0 Å². The average Bonchev–Trinajstić information content (AvgIpc) is 2.98. The van der Waals surface area contributed by atoms with Gasteiger partial charge in [0.25, 0.3) is 0 Å². The van der Waals surface area contributed by atoms with Gasteiger partial charge in [-0.2, -0.15) is 5.10 Å². The molecule has 2 aromatic rings. The molecular formula is C22H34ClIN6O. The third-order valence-corrected chi connectivity index (χ3v) is 5.82. The van der Waals surface area contributed by atoms with E-state index in [0.29, 0.717) is 6.54 Å². The van der Waals surface area contributed by atoms with Gasteiger partial charge in [0.05, 0.1) is 31.5 Å². The Balaban J connectivity index is 0.00000341. The fraction of sp³-hybridized carbons (Fsp3) is 0.545. The number of rotatable bonds is 7. The number of morpholine rings is 1. The summed E-state index contributed by atoms with van der Waals surface area (Å²) in [4.78, 5) is 7.26. The van der Waals surface area contributed by atoms with Crippen LogP contribution >= 0.6 is 35.6 Å². The Morgan fingerprint density at radius 3 is 2.61 bits per heavy atom. The van der Waals surface area contributed by atoms with Crippen LogP contribution in [0, 0.1) is 13.8 Å². The molecule has 0 radical (unpaired) electrons. The highest BCUT2D eigenvalue weighted by Gasteiger charge is 2.23. The van der Waals surface area contributed by atoms with Crippen molar-refractivity contribution in [2.75, 3.05) is 39.4 Å². The smallest absolute Gasteiger partial charge is 0.191 e. The lowest BCUT2D eigenvalue weighted by Crippen LogP contribution is -2.46. The summed E-state index contributed by atoms with van der Waals surface area (Å²) in [6.45, 7) is 11.6. The summed E-state index contributed by atoms with van der Waals surface area (Å²) in [6.07, 6.45) is 0. The van der Waals surface area contributed by atoms with Gasteiger partial charge in [-0.05, 0) is 38.5 Å². The molecule has 0 amide bonds. The van der Waals surface area contributed by atoms with Crippen molar-refractivity contribution >= 4 is 41.5 Å². The Morgan fingerprint density at radius 1 is 1.26 bits per heavy atom. The van der Waals surface area contributed by atoms with E-state index < -0.39 is 0 Å². The molecule has 31 heavy (non-hydrogen) atoms. The third-order valence-electron chi connectivity index (χ3n) is 5.58. The second-order valence-electron chi connectivity index (χ2n) is 7.57. The molecule has 1 aromatic carbocycles. The molecular weight excluding hydrogens is 527 g/mol. The Bertz CT molecular complexity index is 866. The standard InChI is InChI=1S/C22H33ClN6O.HI/c1-5-24-22(25-14-20-16(2)27-28(4)17(20)3)26-15-21(29-9-11-30-12-10-29)18-7-6-8-19(23)13-18;/h6-8,13,21H,5,9-12,14-15H2,1-4H3,(H2,24,25,26);1H. The molecule has 1 atom stereocenters. The van der Waals surface area contributed by atoms with Crippen LogP contribution in [0.5, 0.6) is 0 Å². The fourth-order valence-corrected chi connectivity index (χ4v) is 4.00. The minimum atomic E-state index is 0. The summed E-state index contributed by atoms with van der Waals surface area (Å²) in [5.41, 5.74) is 4.55. The van der Waals surface area contributed by atoms with Gasteiger partial charge in [-0.25, -0.2) is 4.99 Å². The van der Waals surface area contributed by atoms with Crippen LogP contribution in [0.25, 0.3) is 0 Å². The average molecular weight is 561 g/mol. The van der Waals surface area contributed by atoms with Gasteiger partial charge in [0.15, 0.2) is 5.96 Å². The maximum Gasteiger partial charge on any atom is 0.191 e. The van der Waals surface area contributed by atoms with Crippen LogP contribution < -0.4 is 10.6 Å². The highest BCUT2D eigenvalue weighted by Crippen LogP contribution is 2.24. The molecule has 2 heterocycles. The predicted octanol–water partition coefficient (Wildman–Crippen LogP) is 3.44. The molecule has 172 valence electrons. The zero-order valence-corrected chi connectivity index (χ0v) is 21.9. The van der Waals surface area contributed by atoms with E-state index in [0.717, 1.165) is 61.8 Å². The molecule has 0 saturated carbocycles. The number of hydrogen-bond acceptors (Lipinski definition) is 4. The van der Waals surface area contributed by atoms with E-state index in [4.69, 9.17) is 21.3 Å². The SMILES string of the molecule is CCNC(=NCc1c(C)nn(C)c1C)NCC(c1cccc(Cl)c1)N1CCOCC1.I. The van der Waals surface area contributed by atoms with Gasteiger partial charge in [0.2, 0.25) is 0 Å². The van der Waals surface area contributed by atoms with Crippen molar-refractivity contribution in [3.05, 3.63) is 51.8 Å². The zero-order chi connectivity index (χ0) is 21.5. The molecule has 0 aliphatic carbocycles. The van der Waals surface area contributed by atoms with Crippen LogP contribution in [0.15, 0.2) is 29.3 Å². The highest BCUT2D eigenvalue weighted by atomic mass is 127. The molecule has 1 aliphatic heterocycles. The molecule has 1 fully saturated rings. The Morgan fingerprint density at radius 2 is 2.00 bits per heavy atom. The molecule has 1 unspecified atom stereocenters. The van der Waals surface area contributed by atoms with Crippen LogP contribution in [0.2, 0.25) is 5.02 Å². The van der Waals surface area contributed by atoms with Crippen molar-refractivity contribution in [1.29, 1.82) is 0 Å². The largest absolute Gasteiger partial charge is 0.379 e. The topological polar surface area (TPSA) is 66.7 Å². The molecule has 1 aromatic heterocycles. The summed E-state index contributed by atoms with van der Waals surface area (Å²) in [6, 6.07) is 8.31. The Hall–Kier alpha value is -1.36. The van der Waals surface area contributed by atoms with Crippen molar-refractivity contribution in [3.63, 3.8) is 0 Å². The Kier molecular flexibility index (Phi) is 10.5. The maximum atomic E-state index is 6.28. The zero-order valence-electron chi connectivity index (χ0n) is 18.8. The normalized spacial score (nSPS) is 16.0. The lowest BCUT2D eigenvalue weighted by Gasteiger charge is -2.35. The number of aliphatic imine (C=N–C) groups is 1. The van der Waals surface area contributed by atoms with Crippen molar-refractivity contribution < 1.29 is 4.74 Å². The molecule has 1 aliphatic rings. The summed E-state index contributed by atoms with van der Waals surface area (Å²) >= 11 is 6.28. The van der Waals surface area contributed by atoms with Crippen molar-refractivity contribution in [2.45, 2.75) is 33.4 Å². The van der Waals surface area contributed by atoms with Gasteiger partial charge in [-0.3, -0.25) is 9.58 Å². The van der Waals surface area contributed by atoms with E-state index in [1.54, 1.807) is 0 Å². The summed E-state index contributed by atoms with van der Waals surface area (Å²) in [5.74, 6) is 0.806. The molecule has 1 saturated heterocycles. The number of guanidine groups is 1. The molecule has 7 nitrogen and oxygen atoms in total. The monoisotopic (exact) mass is 560 g/mol. The van der Waals surface area contributed by atoms with Gasteiger partial charge in [0.1, 0.15) is 0 Å². The van der Waals surface area contributed by atoms with Gasteiger partial charge in [-0.1, -0.05) is 23.7 Å². The van der Waals surface area contributed by atoms with Crippen LogP contribution in [0.1, 0.15) is 35.5 Å². The predicted molar refractivity (Wildman–Crippen MR) is 138 cm³/mol. The number of hydrogen-bond donors (Lipinski definition) is 2. The number of benzene rings is 1. The molecule has 3 rings (SSSR count). The quantitative estimate of drug-likeness (QED) is 0.309. The van der Waals surface area contributed by atoms with Gasteiger partial charge in [-0.15, -0.1) is 24.0 Å². The number of ether oxygens (including phenoxy) is 1. The number of nitrogens with one attached hydrogen (secondary N) is 2. The first kappa shape index (κ1) is 25.9. The van der Waals surface area contributed by atoms with E-state index in [9.17, 15) is 0 Å². The minimum Gasteiger partial charge on any atom is -0.379 e. The maximum absolute atomic E-state index is 6.28. The summed E-state index contributed by atoms with van der Waals surface area (Å²) in [7, 11) is 1.97. The van der Waals surface area contributed by atoms with Crippen molar-refractivity contribution in [3.8, 4) is 0 Å².